The molecule has 0 fully saturated rings. The molecule has 1 atom stereocenters. The van der Waals surface area contributed by atoms with Crippen LogP contribution in [-0.4, -0.2) is 16.8 Å². The van der Waals surface area contributed by atoms with Crippen LogP contribution in [0, 0.1) is 6.92 Å². The van der Waals surface area contributed by atoms with Crippen LogP contribution in [-0.2, 0) is 4.79 Å². The van der Waals surface area contributed by atoms with Gasteiger partial charge in [0.05, 0.1) is 23.0 Å². The highest BCUT2D eigenvalue weighted by molar-refractivity contribution is 6.33. The van der Waals surface area contributed by atoms with Crippen molar-refractivity contribution in [1.29, 1.82) is 0 Å². The number of nitrogens with one attached hydrogen (secondary N) is 2. The van der Waals surface area contributed by atoms with Crippen LogP contribution in [0.1, 0.15) is 34.3 Å². The van der Waals surface area contributed by atoms with E-state index in [4.69, 9.17) is 16.0 Å². The van der Waals surface area contributed by atoms with Crippen LogP contribution in [0.15, 0.2) is 77.2 Å². The summed E-state index contributed by atoms with van der Waals surface area (Å²) in [5.41, 5.74) is 3.11. The third kappa shape index (κ3) is 4.92. The molecule has 7 heteroatoms. The second-order valence-electron chi connectivity index (χ2n) is 7.08. The van der Waals surface area contributed by atoms with Gasteiger partial charge in [0, 0.05) is 12.6 Å². The van der Waals surface area contributed by atoms with Crippen molar-refractivity contribution in [1.82, 2.24) is 10.3 Å². The fraction of sp³-hybridized carbons (Fsp3) is 0.125. The van der Waals surface area contributed by atoms with Gasteiger partial charge in [-0.3, -0.25) is 9.59 Å². The Morgan fingerprint density at radius 2 is 1.77 bits per heavy atom. The molecule has 156 valence electrons. The molecule has 0 radical (unpaired) electrons. The molecule has 0 spiro atoms. The van der Waals surface area contributed by atoms with Crippen molar-refractivity contribution < 1.29 is 14.0 Å². The van der Waals surface area contributed by atoms with Gasteiger partial charge in [-0.1, -0.05) is 54.1 Å². The summed E-state index contributed by atoms with van der Waals surface area (Å²) in [7, 11) is 0. The monoisotopic (exact) mass is 433 g/mol. The average Bonchev–Trinajstić information content (AvgIpc) is 3.13. The lowest BCUT2D eigenvalue weighted by molar-refractivity contribution is -0.116. The number of aryl methyl sites for hydroxylation is 1. The number of amides is 2. The van der Waals surface area contributed by atoms with E-state index in [1.807, 2.05) is 30.3 Å². The summed E-state index contributed by atoms with van der Waals surface area (Å²) in [6.45, 7) is 1.77. The van der Waals surface area contributed by atoms with Crippen molar-refractivity contribution in [2.75, 3.05) is 5.32 Å². The van der Waals surface area contributed by atoms with Gasteiger partial charge in [-0.15, -0.1) is 0 Å². The van der Waals surface area contributed by atoms with Gasteiger partial charge in [0.1, 0.15) is 5.52 Å². The van der Waals surface area contributed by atoms with E-state index < -0.39 is 6.04 Å². The summed E-state index contributed by atoms with van der Waals surface area (Å²) in [5.74, 6) is -0.0236. The maximum Gasteiger partial charge on any atom is 0.253 e. The van der Waals surface area contributed by atoms with Crippen LogP contribution >= 0.6 is 11.6 Å². The number of carbonyl (C=O) groups excluding carboxylic acids is 2. The normalized spacial score (nSPS) is 11.8. The van der Waals surface area contributed by atoms with Gasteiger partial charge in [-0.25, -0.2) is 4.98 Å². The fourth-order valence-corrected chi connectivity index (χ4v) is 3.56. The van der Waals surface area contributed by atoms with Gasteiger partial charge in [0.25, 0.3) is 5.91 Å². The Morgan fingerprint density at radius 1 is 1.03 bits per heavy atom. The summed E-state index contributed by atoms with van der Waals surface area (Å²) in [6.07, 6.45) is 0.0517. The number of hydrogen-bond acceptors (Lipinski definition) is 4. The minimum Gasteiger partial charge on any atom is -0.441 e. The number of rotatable bonds is 6. The summed E-state index contributed by atoms with van der Waals surface area (Å²) in [6, 6.07) is 20.9. The number of anilines is 1. The van der Waals surface area contributed by atoms with Crippen molar-refractivity contribution in [3.63, 3.8) is 0 Å². The number of fused-ring (bicyclic) bond motifs is 1. The Labute approximate surface area is 184 Å². The van der Waals surface area contributed by atoms with Crippen molar-refractivity contribution in [2.45, 2.75) is 19.4 Å². The smallest absolute Gasteiger partial charge is 0.253 e. The highest BCUT2D eigenvalue weighted by Gasteiger charge is 2.20. The van der Waals surface area contributed by atoms with Crippen LogP contribution in [0.5, 0.6) is 0 Å². The molecule has 2 amide bonds. The predicted molar refractivity (Wildman–Crippen MR) is 120 cm³/mol. The number of carbonyl (C=O) groups is 2. The molecule has 0 bridgehead atoms. The van der Waals surface area contributed by atoms with E-state index in [1.54, 1.807) is 49.4 Å². The molecular formula is C24H20ClN3O3. The summed E-state index contributed by atoms with van der Waals surface area (Å²) < 4.78 is 5.46. The summed E-state index contributed by atoms with van der Waals surface area (Å²) in [4.78, 5) is 29.9. The first-order valence-corrected chi connectivity index (χ1v) is 10.1. The quantitative estimate of drug-likeness (QED) is 0.432. The van der Waals surface area contributed by atoms with Gasteiger partial charge in [0.15, 0.2) is 11.5 Å². The standard InChI is InChI=1S/C24H20ClN3O3/c1-15-26-21-13-17(11-12-22(21)31-15)27-23(29)14-20(16-7-3-2-4-8-16)28-24(30)18-9-5-6-10-19(18)25/h2-13,20H,14H2,1H3,(H,27,29)(H,28,30). The molecule has 6 nitrogen and oxygen atoms in total. The Balaban J connectivity index is 1.51. The van der Waals surface area contributed by atoms with E-state index >= 15 is 0 Å². The maximum absolute atomic E-state index is 12.8. The second kappa shape index (κ2) is 9.02. The first kappa shape index (κ1) is 20.6. The second-order valence-corrected chi connectivity index (χ2v) is 7.49. The highest BCUT2D eigenvalue weighted by Crippen LogP contribution is 2.23. The van der Waals surface area contributed by atoms with Crippen LogP contribution < -0.4 is 10.6 Å². The van der Waals surface area contributed by atoms with E-state index in [-0.39, 0.29) is 18.2 Å². The third-order valence-corrected chi connectivity index (χ3v) is 5.12. The van der Waals surface area contributed by atoms with Crippen LogP contribution in [0.4, 0.5) is 5.69 Å². The molecule has 3 aromatic carbocycles. The molecule has 1 aromatic heterocycles. The Kier molecular flexibility index (Phi) is 6.00. The third-order valence-electron chi connectivity index (χ3n) is 4.79. The lowest BCUT2D eigenvalue weighted by atomic mass is 10.0. The SMILES string of the molecule is Cc1nc2cc(NC(=O)CC(NC(=O)c3ccccc3Cl)c3ccccc3)ccc2o1. The molecule has 1 unspecified atom stereocenters. The molecule has 0 saturated carbocycles. The number of benzene rings is 3. The number of aromatic nitrogens is 1. The van der Waals surface area contributed by atoms with Crippen molar-refractivity contribution in [3.8, 4) is 0 Å². The molecular weight excluding hydrogens is 414 g/mol. The van der Waals surface area contributed by atoms with Gasteiger partial charge in [-0.05, 0) is 35.9 Å². The van der Waals surface area contributed by atoms with Crippen molar-refractivity contribution in [2.24, 2.45) is 0 Å². The Bertz CT molecular complexity index is 1240. The first-order valence-electron chi connectivity index (χ1n) is 9.77. The largest absolute Gasteiger partial charge is 0.441 e. The van der Waals surface area contributed by atoms with Crippen LogP contribution in [0.3, 0.4) is 0 Å². The van der Waals surface area contributed by atoms with E-state index in [2.05, 4.69) is 15.6 Å². The van der Waals surface area contributed by atoms with E-state index in [9.17, 15) is 9.59 Å². The molecule has 2 N–H and O–H groups in total. The lowest BCUT2D eigenvalue weighted by Gasteiger charge is -2.19. The molecule has 4 aromatic rings. The average molecular weight is 434 g/mol. The van der Waals surface area contributed by atoms with E-state index in [1.165, 1.54) is 0 Å². The topological polar surface area (TPSA) is 84.2 Å². The van der Waals surface area contributed by atoms with Gasteiger partial charge in [0.2, 0.25) is 5.91 Å². The highest BCUT2D eigenvalue weighted by atomic mass is 35.5. The zero-order valence-electron chi connectivity index (χ0n) is 16.8. The van der Waals surface area contributed by atoms with E-state index in [0.29, 0.717) is 33.3 Å². The predicted octanol–water partition coefficient (Wildman–Crippen LogP) is 5.29. The number of hydrogen-bond donors (Lipinski definition) is 2. The van der Waals surface area contributed by atoms with Crippen LogP contribution in [0.2, 0.25) is 5.02 Å². The number of oxazole rings is 1. The lowest BCUT2D eigenvalue weighted by Crippen LogP contribution is -2.31. The summed E-state index contributed by atoms with van der Waals surface area (Å²) >= 11 is 6.16. The molecule has 31 heavy (non-hydrogen) atoms. The fourth-order valence-electron chi connectivity index (χ4n) is 3.34. The van der Waals surface area contributed by atoms with Gasteiger partial charge < -0.3 is 15.1 Å². The van der Waals surface area contributed by atoms with Crippen LogP contribution in [0.25, 0.3) is 11.1 Å². The minimum atomic E-state index is -0.525. The van der Waals surface area contributed by atoms with Gasteiger partial charge in [-0.2, -0.15) is 0 Å². The van der Waals surface area contributed by atoms with Crippen molar-refractivity contribution >= 4 is 40.2 Å². The first-order chi connectivity index (χ1) is 15.0. The van der Waals surface area contributed by atoms with Crippen molar-refractivity contribution in [3.05, 3.63) is 94.8 Å². The Morgan fingerprint density at radius 3 is 2.55 bits per heavy atom. The molecule has 4 rings (SSSR count). The molecule has 1 heterocycles. The number of halogens is 1. The zero-order valence-corrected chi connectivity index (χ0v) is 17.5. The molecule has 0 aliphatic heterocycles. The van der Waals surface area contributed by atoms with E-state index in [0.717, 1.165) is 5.56 Å². The molecule has 0 aliphatic rings. The minimum absolute atomic E-state index is 0.0517. The summed E-state index contributed by atoms with van der Waals surface area (Å²) in [5, 5.41) is 6.15. The molecule has 0 aliphatic carbocycles. The molecule has 0 saturated heterocycles. The number of nitrogens with zero attached hydrogens (tertiary/aromatic N) is 1. The zero-order chi connectivity index (χ0) is 21.8. The Hall–Kier alpha value is -3.64. The maximum atomic E-state index is 12.8. The van der Waals surface area contributed by atoms with Gasteiger partial charge >= 0.3 is 0 Å².